The van der Waals surface area contributed by atoms with E-state index in [1.54, 1.807) is 48.5 Å². The summed E-state index contributed by atoms with van der Waals surface area (Å²) in [6.45, 7) is 4.83. The van der Waals surface area contributed by atoms with Crippen LogP contribution in [0.25, 0.3) is 22.3 Å². The van der Waals surface area contributed by atoms with Crippen molar-refractivity contribution in [1.29, 1.82) is 0 Å². The first-order valence-electron chi connectivity index (χ1n) is 11.2. The van der Waals surface area contributed by atoms with Gasteiger partial charge in [0.2, 0.25) is 0 Å². The molecule has 5 heteroatoms. The predicted octanol–water partition coefficient (Wildman–Crippen LogP) is 7.63. The average molecular weight is 453 g/mol. The summed E-state index contributed by atoms with van der Waals surface area (Å²) in [7, 11) is 0. The molecule has 1 saturated heterocycles. The highest BCUT2D eigenvalue weighted by Gasteiger charge is 2.24. The summed E-state index contributed by atoms with van der Waals surface area (Å²) < 4.78 is 55.1. The molecule has 0 saturated carbocycles. The molecule has 1 aliphatic rings. The lowest BCUT2D eigenvalue weighted by atomic mass is 9.97. The minimum Gasteiger partial charge on any atom is -0.348 e. The molecule has 3 aromatic rings. The number of hydrogen-bond acceptors (Lipinski definition) is 2. The second kappa shape index (κ2) is 10.4. The number of allylic oxidation sites excluding steroid dienone is 1. The van der Waals surface area contributed by atoms with Crippen LogP contribution in [-0.4, -0.2) is 13.2 Å². The number of hydrogen-bond donors (Lipinski definition) is 0. The third-order valence-electron chi connectivity index (χ3n) is 5.85. The molecule has 0 radical (unpaired) electrons. The van der Waals surface area contributed by atoms with Crippen LogP contribution < -0.4 is 0 Å². The topological polar surface area (TPSA) is 18.5 Å². The van der Waals surface area contributed by atoms with E-state index in [4.69, 9.17) is 9.47 Å². The van der Waals surface area contributed by atoms with Gasteiger partial charge >= 0.3 is 0 Å². The molecule has 0 N–H and O–H groups in total. The van der Waals surface area contributed by atoms with E-state index in [0.29, 0.717) is 41.9 Å². The number of benzene rings is 3. The fraction of sp³-hybridized carbons (Fsp3) is 0.286. The van der Waals surface area contributed by atoms with Crippen LogP contribution >= 0.6 is 0 Å². The summed E-state index contributed by atoms with van der Waals surface area (Å²) >= 11 is 0. The first kappa shape index (κ1) is 23.3. The normalized spacial score (nSPS) is 18.7. The van der Waals surface area contributed by atoms with E-state index in [1.807, 2.05) is 26.0 Å². The minimum absolute atomic E-state index is 0.174. The zero-order chi connectivity index (χ0) is 23.4. The fourth-order valence-corrected chi connectivity index (χ4v) is 4.10. The maximum atomic E-state index is 14.8. The molecule has 1 aliphatic heterocycles. The molecule has 172 valence electrons. The summed E-state index contributed by atoms with van der Waals surface area (Å²) in [5.41, 5.74) is 2.97. The van der Waals surface area contributed by atoms with Crippen molar-refractivity contribution in [2.75, 3.05) is 13.2 Å². The second-order valence-corrected chi connectivity index (χ2v) is 8.25. The molecule has 0 atom stereocenters. The van der Waals surface area contributed by atoms with E-state index in [0.717, 1.165) is 12.0 Å². The molecule has 0 spiro atoms. The van der Waals surface area contributed by atoms with Gasteiger partial charge in [0, 0.05) is 17.0 Å². The largest absolute Gasteiger partial charge is 0.348 e. The van der Waals surface area contributed by atoms with Crippen molar-refractivity contribution in [2.24, 2.45) is 5.92 Å². The molecular formula is C28H27F3O2. The zero-order valence-electron chi connectivity index (χ0n) is 18.8. The molecule has 1 heterocycles. The Morgan fingerprint density at radius 1 is 0.848 bits per heavy atom. The fourth-order valence-electron chi connectivity index (χ4n) is 4.10. The molecule has 0 bridgehead atoms. The molecule has 33 heavy (non-hydrogen) atoms. The molecular weight excluding hydrogens is 425 g/mol. The van der Waals surface area contributed by atoms with Crippen LogP contribution in [0, 0.1) is 23.4 Å². The van der Waals surface area contributed by atoms with Crippen LogP contribution in [0.3, 0.4) is 0 Å². The lowest BCUT2D eigenvalue weighted by Crippen LogP contribution is -2.26. The molecule has 0 unspecified atom stereocenters. The van der Waals surface area contributed by atoms with E-state index < -0.39 is 23.7 Å². The first-order chi connectivity index (χ1) is 16.0. The molecule has 2 nitrogen and oxygen atoms in total. The summed E-state index contributed by atoms with van der Waals surface area (Å²) in [6.07, 6.45) is 4.48. The molecule has 3 aromatic carbocycles. The van der Waals surface area contributed by atoms with Gasteiger partial charge in [0.25, 0.3) is 0 Å². The highest BCUT2D eigenvalue weighted by Crippen LogP contribution is 2.32. The van der Waals surface area contributed by atoms with Crippen molar-refractivity contribution in [1.82, 2.24) is 0 Å². The average Bonchev–Trinajstić information content (AvgIpc) is 2.83. The maximum absolute atomic E-state index is 14.8. The van der Waals surface area contributed by atoms with Crippen LogP contribution in [0.5, 0.6) is 0 Å². The monoisotopic (exact) mass is 452 g/mol. The third-order valence-corrected chi connectivity index (χ3v) is 5.85. The quantitative estimate of drug-likeness (QED) is 0.358. The Labute approximate surface area is 192 Å². The molecule has 1 fully saturated rings. The Kier molecular flexibility index (Phi) is 7.31. The SMILES string of the molecule is C/C=C/C1COC(c2ccc(-c3ccc(-c4ccc(CCC)c(F)c4F)cc3)cc2F)OC1. The number of ether oxygens (including phenoxy) is 2. The zero-order valence-corrected chi connectivity index (χ0v) is 18.8. The second-order valence-electron chi connectivity index (χ2n) is 8.25. The standard InChI is InChI=1S/C28H27F3O2/c1-3-5-18-16-32-28(33-17-18)24-14-12-22(15-25(24)29)19-7-9-20(10-8-19)23-13-11-21(6-4-2)26(30)27(23)31/h3,5,7-15,18,28H,4,6,16-17H2,1-2H3/b5-3+. The maximum Gasteiger partial charge on any atom is 0.186 e. The lowest BCUT2D eigenvalue weighted by Gasteiger charge is -2.28. The summed E-state index contributed by atoms with van der Waals surface area (Å²) in [5, 5.41) is 0. The van der Waals surface area contributed by atoms with Crippen LogP contribution in [0.15, 0.2) is 66.7 Å². The van der Waals surface area contributed by atoms with Gasteiger partial charge in [-0.05, 0) is 41.7 Å². The highest BCUT2D eigenvalue weighted by molar-refractivity contribution is 5.71. The molecule has 4 rings (SSSR count). The predicted molar refractivity (Wildman–Crippen MR) is 124 cm³/mol. The Balaban J connectivity index is 1.52. The van der Waals surface area contributed by atoms with E-state index in [2.05, 4.69) is 0 Å². The van der Waals surface area contributed by atoms with Gasteiger partial charge in [-0.25, -0.2) is 13.2 Å². The van der Waals surface area contributed by atoms with Crippen LogP contribution in [0.2, 0.25) is 0 Å². The van der Waals surface area contributed by atoms with Gasteiger partial charge in [0.1, 0.15) is 5.82 Å². The van der Waals surface area contributed by atoms with Gasteiger partial charge in [-0.1, -0.05) is 74.0 Å². The Morgan fingerprint density at radius 3 is 2.15 bits per heavy atom. The molecule has 0 aliphatic carbocycles. The first-order valence-corrected chi connectivity index (χ1v) is 11.2. The van der Waals surface area contributed by atoms with Crippen molar-refractivity contribution in [2.45, 2.75) is 33.0 Å². The summed E-state index contributed by atoms with van der Waals surface area (Å²) in [6, 6.07) is 15.1. The van der Waals surface area contributed by atoms with E-state index in [9.17, 15) is 13.2 Å². The highest BCUT2D eigenvalue weighted by atomic mass is 19.2. The van der Waals surface area contributed by atoms with Crippen molar-refractivity contribution in [3.05, 3.63) is 95.3 Å². The van der Waals surface area contributed by atoms with Gasteiger partial charge in [-0.3, -0.25) is 0 Å². The van der Waals surface area contributed by atoms with Crippen molar-refractivity contribution < 1.29 is 22.6 Å². The molecule has 0 amide bonds. The van der Waals surface area contributed by atoms with Crippen LogP contribution in [0.1, 0.15) is 37.7 Å². The Morgan fingerprint density at radius 2 is 1.52 bits per heavy atom. The minimum atomic E-state index is -0.840. The summed E-state index contributed by atoms with van der Waals surface area (Å²) in [5.74, 6) is -1.87. The van der Waals surface area contributed by atoms with Crippen LogP contribution in [0.4, 0.5) is 13.2 Å². The number of aryl methyl sites for hydroxylation is 1. The van der Waals surface area contributed by atoms with E-state index in [1.165, 1.54) is 6.07 Å². The number of rotatable bonds is 6. The van der Waals surface area contributed by atoms with Crippen LogP contribution in [-0.2, 0) is 15.9 Å². The molecule has 0 aromatic heterocycles. The number of halogens is 3. The van der Waals surface area contributed by atoms with Gasteiger partial charge < -0.3 is 9.47 Å². The van der Waals surface area contributed by atoms with E-state index in [-0.39, 0.29) is 11.5 Å². The van der Waals surface area contributed by atoms with Crippen molar-refractivity contribution >= 4 is 0 Å². The Hall–Kier alpha value is -2.89. The van der Waals surface area contributed by atoms with Crippen molar-refractivity contribution in [3.63, 3.8) is 0 Å². The lowest BCUT2D eigenvalue weighted by molar-refractivity contribution is -0.198. The van der Waals surface area contributed by atoms with E-state index >= 15 is 0 Å². The van der Waals surface area contributed by atoms with Crippen molar-refractivity contribution in [3.8, 4) is 22.3 Å². The third kappa shape index (κ3) is 5.05. The Bertz CT molecular complexity index is 1130. The van der Waals surface area contributed by atoms with Gasteiger partial charge in [0.15, 0.2) is 17.9 Å². The van der Waals surface area contributed by atoms with Gasteiger partial charge in [0.05, 0.1) is 13.2 Å². The van der Waals surface area contributed by atoms with Gasteiger partial charge in [-0.15, -0.1) is 0 Å². The van der Waals surface area contributed by atoms with Gasteiger partial charge in [-0.2, -0.15) is 0 Å². The summed E-state index contributed by atoms with van der Waals surface area (Å²) in [4.78, 5) is 0. The smallest absolute Gasteiger partial charge is 0.186 e.